The van der Waals surface area contributed by atoms with Gasteiger partial charge in [0.15, 0.2) is 0 Å². The van der Waals surface area contributed by atoms with Gasteiger partial charge in [-0.1, -0.05) is 12.1 Å². The van der Waals surface area contributed by atoms with E-state index in [0.29, 0.717) is 25.1 Å². The van der Waals surface area contributed by atoms with Crippen LogP contribution in [0.2, 0.25) is 0 Å². The highest BCUT2D eigenvalue weighted by atomic mass is 19.4. The van der Waals surface area contributed by atoms with Gasteiger partial charge in [0, 0.05) is 40.2 Å². The van der Waals surface area contributed by atoms with Crippen LogP contribution in [0.5, 0.6) is 0 Å². The minimum Gasteiger partial charge on any atom is -0.383 e. The van der Waals surface area contributed by atoms with Gasteiger partial charge in [-0.2, -0.15) is 13.2 Å². The minimum absolute atomic E-state index is 0.0638. The van der Waals surface area contributed by atoms with Gasteiger partial charge in [-0.3, -0.25) is 9.59 Å². The Morgan fingerprint density at radius 2 is 2.12 bits per heavy atom. The van der Waals surface area contributed by atoms with Crippen molar-refractivity contribution in [2.45, 2.75) is 25.6 Å². The summed E-state index contributed by atoms with van der Waals surface area (Å²) in [4.78, 5) is 27.7. The molecule has 1 aromatic rings. The highest BCUT2D eigenvalue weighted by Crippen LogP contribution is 2.30. The molecule has 1 heterocycles. The topological polar surface area (TPSA) is 49.9 Å². The van der Waals surface area contributed by atoms with Gasteiger partial charge in [0.05, 0.1) is 18.1 Å². The van der Waals surface area contributed by atoms with Crippen molar-refractivity contribution in [2.24, 2.45) is 5.92 Å². The Kier molecular flexibility index (Phi) is 6.63. The Bertz CT molecular complexity index is 649. The highest BCUT2D eigenvalue weighted by molar-refractivity contribution is 5.83. The fourth-order valence-corrected chi connectivity index (χ4v) is 2.99. The van der Waals surface area contributed by atoms with E-state index in [0.717, 1.165) is 12.1 Å². The fraction of sp³-hybridized carbons (Fsp3) is 0.556. The number of methoxy groups -OCH3 is 1. The molecule has 0 aliphatic carbocycles. The van der Waals surface area contributed by atoms with E-state index < -0.39 is 11.7 Å². The van der Waals surface area contributed by atoms with Crippen LogP contribution in [0.4, 0.5) is 13.2 Å². The van der Waals surface area contributed by atoms with Crippen molar-refractivity contribution < 1.29 is 27.5 Å². The summed E-state index contributed by atoms with van der Waals surface area (Å²) >= 11 is 0. The Labute approximate surface area is 150 Å². The average Bonchev–Trinajstić information content (AvgIpc) is 2.60. The van der Waals surface area contributed by atoms with E-state index >= 15 is 0 Å². The standard InChI is InChI=1S/C18H23F3N2O3/c1-22(8-9-26-2)17(25)14-6-7-16(24)23(12-14)11-13-4-3-5-15(10-13)18(19,20)21/h3-5,10,14H,6-9,11-12H2,1-2H3/t14-/m0/s1. The monoisotopic (exact) mass is 372 g/mol. The molecule has 0 spiro atoms. The fourth-order valence-electron chi connectivity index (χ4n) is 2.99. The highest BCUT2D eigenvalue weighted by Gasteiger charge is 2.33. The van der Waals surface area contributed by atoms with Crippen LogP contribution in [-0.2, 0) is 27.0 Å². The number of amides is 2. The molecule has 1 aliphatic heterocycles. The van der Waals surface area contributed by atoms with Crippen LogP contribution in [-0.4, -0.2) is 55.5 Å². The predicted molar refractivity (Wildman–Crippen MR) is 89.1 cm³/mol. The third kappa shape index (κ3) is 5.20. The van der Waals surface area contributed by atoms with Crippen LogP contribution in [0.15, 0.2) is 24.3 Å². The van der Waals surface area contributed by atoms with Crippen LogP contribution in [0.3, 0.4) is 0 Å². The van der Waals surface area contributed by atoms with Crippen LogP contribution in [0.25, 0.3) is 0 Å². The predicted octanol–water partition coefficient (Wildman–Crippen LogP) is 2.55. The van der Waals surface area contributed by atoms with Crippen molar-refractivity contribution in [3.05, 3.63) is 35.4 Å². The maximum atomic E-state index is 12.8. The molecule has 1 aliphatic rings. The molecule has 1 aromatic carbocycles. The first-order valence-electron chi connectivity index (χ1n) is 8.40. The molecule has 0 unspecified atom stereocenters. The van der Waals surface area contributed by atoms with E-state index in [1.54, 1.807) is 25.1 Å². The van der Waals surface area contributed by atoms with Gasteiger partial charge in [0.25, 0.3) is 0 Å². The number of ether oxygens (including phenoxy) is 1. The lowest BCUT2D eigenvalue weighted by Crippen LogP contribution is -2.46. The van der Waals surface area contributed by atoms with E-state index in [1.165, 1.54) is 11.0 Å². The van der Waals surface area contributed by atoms with Gasteiger partial charge in [-0.15, -0.1) is 0 Å². The zero-order valence-corrected chi connectivity index (χ0v) is 14.9. The van der Waals surface area contributed by atoms with Gasteiger partial charge in [0.2, 0.25) is 11.8 Å². The summed E-state index contributed by atoms with van der Waals surface area (Å²) in [6, 6.07) is 4.93. The smallest absolute Gasteiger partial charge is 0.383 e. The summed E-state index contributed by atoms with van der Waals surface area (Å²) in [5.74, 6) is -0.574. The van der Waals surface area contributed by atoms with Gasteiger partial charge in [-0.05, 0) is 24.1 Å². The second-order valence-electron chi connectivity index (χ2n) is 6.46. The molecular weight excluding hydrogens is 349 g/mol. The molecule has 0 saturated carbocycles. The molecule has 0 aromatic heterocycles. The third-order valence-electron chi connectivity index (χ3n) is 4.48. The summed E-state index contributed by atoms with van der Waals surface area (Å²) in [5.41, 5.74) is -0.347. The SMILES string of the molecule is COCCN(C)C(=O)[C@H]1CCC(=O)N(Cc2cccc(C(F)(F)F)c2)C1. The first-order valence-corrected chi connectivity index (χ1v) is 8.40. The Balaban J connectivity index is 2.05. The molecule has 8 heteroatoms. The molecule has 1 atom stereocenters. The first kappa shape index (κ1) is 20.2. The number of likely N-dealkylation sites (N-methyl/N-ethyl adjacent to an activating group) is 1. The molecule has 144 valence electrons. The van der Waals surface area contributed by atoms with E-state index in [2.05, 4.69) is 0 Å². The van der Waals surface area contributed by atoms with Crippen LogP contribution in [0, 0.1) is 5.92 Å². The van der Waals surface area contributed by atoms with Crippen molar-refractivity contribution >= 4 is 11.8 Å². The number of halogens is 3. The van der Waals surface area contributed by atoms with Crippen molar-refractivity contribution in [3.63, 3.8) is 0 Å². The number of benzene rings is 1. The molecule has 0 bridgehead atoms. The molecule has 5 nitrogen and oxygen atoms in total. The van der Waals surface area contributed by atoms with Gasteiger partial charge in [0.1, 0.15) is 0 Å². The largest absolute Gasteiger partial charge is 0.416 e. The lowest BCUT2D eigenvalue weighted by Gasteiger charge is -2.34. The number of carbonyl (C=O) groups is 2. The van der Waals surface area contributed by atoms with Gasteiger partial charge >= 0.3 is 6.18 Å². The van der Waals surface area contributed by atoms with Crippen LogP contribution < -0.4 is 0 Å². The van der Waals surface area contributed by atoms with Crippen molar-refractivity contribution in [2.75, 3.05) is 33.9 Å². The maximum Gasteiger partial charge on any atom is 0.416 e. The van der Waals surface area contributed by atoms with Crippen LogP contribution in [0.1, 0.15) is 24.0 Å². The summed E-state index contributed by atoms with van der Waals surface area (Å²) in [6.07, 6.45) is -3.76. The number of hydrogen-bond donors (Lipinski definition) is 0. The lowest BCUT2D eigenvalue weighted by molar-refractivity contribution is -0.143. The van der Waals surface area contributed by atoms with E-state index in [1.807, 2.05) is 0 Å². The van der Waals surface area contributed by atoms with Crippen molar-refractivity contribution in [1.82, 2.24) is 9.80 Å². The molecule has 0 radical (unpaired) electrons. The number of alkyl halides is 3. The second-order valence-corrected chi connectivity index (χ2v) is 6.46. The minimum atomic E-state index is -4.43. The second kappa shape index (κ2) is 8.53. The average molecular weight is 372 g/mol. The molecule has 0 N–H and O–H groups in total. The number of hydrogen-bond acceptors (Lipinski definition) is 3. The number of piperidine rings is 1. The number of carbonyl (C=O) groups excluding carboxylic acids is 2. The summed E-state index contributed by atoms with van der Waals surface area (Å²) in [6.45, 7) is 1.15. The third-order valence-corrected chi connectivity index (χ3v) is 4.48. The number of rotatable bonds is 6. The van der Waals surface area contributed by atoms with E-state index in [4.69, 9.17) is 4.74 Å². The molecular formula is C18H23F3N2O3. The van der Waals surface area contributed by atoms with Crippen LogP contribution >= 0.6 is 0 Å². The molecule has 2 rings (SSSR count). The summed E-state index contributed by atoms with van der Waals surface area (Å²) in [7, 11) is 3.23. The Hall–Kier alpha value is -2.09. The normalized spacial score (nSPS) is 18.1. The zero-order valence-electron chi connectivity index (χ0n) is 14.9. The van der Waals surface area contributed by atoms with E-state index in [9.17, 15) is 22.8 Å². The molecule has 1 saturated heterocycles. The zero-order chi connectivity index (χ0) is 19.3. The Morgan fingerprint density at radius 1 is 1.38 bits per heavy atom. The van der Waals surface area contributed by atoms with Gasteiger partial charge in [-0.25, -0.2) is 0 Å². The summed E-state index contributed by atoms with van der Waals surface area (Å²) in [5, 5.41) is 0. The van der Waals surface area contributed by atoms with Gasteiger partial charge < -0.3 is 14.5 Å². The van der Waals surface area contributed by atoms with Crippen molar-refractivity contribution in [1.29, 1.82) is 0 Å². The Morgan fingerprint density at radius 3 is 2.77 bits per heavy atom. The maximum absolute atomic E-state index is 12.8. The summed E-state index contributed by atoms with van der Waals surface area (Å²) < 4.78 is 43.5. The van der Waals surface area contributed by atoms with Crippen molar-refractivity contribution in [3.8, 4) is 0 Å². The molecule has 1 fully saturated rings. The quantitative estimate of drug-likeness (QED) is 0.771. The molecule has 26 heavy (non-hydrogen) atoms. The van der Waals surface area contributed by atoms with E-state index in [-0.39, 0.29) is 37.2 Å². The lowest BCUT2D eigenvalue weighted by atomic mass is 9.95. The number of likely N-dealkylation sites (tertiary alicyclic amines) is 1. The number of nitrogens with zero attached hydrogens (tertiary/aromatic N) is 2. The molecule has 2 amide bonds. The first-order chi connectivity index (χ1) is 12.2.